The molecule has 0 aromatic carbocycles. The Balaban J connectivity index is 0.00000128. The van der Waals surface area contributed by atoms with Crippen LogP contribution in [0.5, 0.6) is 0 Å². The highest BCUT2D eigenvalue weighted by Crippen LogP contribution is 2.29. The summed E-state index contributed by atoms with van der Waals surface area (Å²) in [6.07, 6.45) is 4.31. The predicted molar refractivity (Wildman–Crippen MR) is 64.5 cm³/mol. The molecule has 4 nitrogen and oxygen atoms in total. The van der Waals surface area contributed by atoms with E-state index in [9.17, 15) is 4.79 Å². The van der Waals surface area contributed by atoms with Gasteiger partial charge in [-0.1, -0.05) is 0 Å². The predicted octanol–water partition coefficient (Wildman–Crippen LogP) is 0.688. The van der Waals surface area contributed by atoms with Crippen LogP contribution in [0.15, 0.2) is 0 Å². The molecule has 94 valence electrons. The van der Waals surface area contributed by atoms with Gasteiger partial charge >= 0.3 is 0 Å². The zero-order valence-electron chi connectivity index (χ0n) is 9.48. The quantitative estimate of drug-likeness (QED) is 0.773. The van der Waals surface area contributed by atoms with Gasteiger partial charge in [0.2, 0.25) is 5.91 Å². The summed E-state index contributed by atoms with van der Waals surface area (Å²) < 4.78 is 5.61. The molecule has 2 rings (SSSR count). The van der Waals surface area contributed by atoms with Crippen LogP contribution < -0.4 is 11.1 Å². The molecule has 3 N–H and O–H groups in total. The molecule has 2 fully saturated rings. The van der Waals surface area contributed by atoms with Gasteiger partial charge in [0.25, 0.3) is 0 Å². The van der Waals surface area contributed by atoms with Gasteiger partial charge in [-0.3, -0.25) is 4.79 Å². The van der Waals surface area contributed by atoms with Crippen LogP contribution in [0.25, 0.3) is 0 Å². The lowest BCUT2D eigenvalue weighted by molar-refractivity contribution is -0.123. The maximum Gasteiger partial charge on any atom is 0.223 e. The molecule has 0 saturated carbocycles. The Kier molecular flexibility index (Phi) is 5.52. The molecule has 0 bridgehead atoms. The Labute approximate surface area is 103 Å². The zero-order chi connectivity index (χ0) is 10.7. The number of carbonyl (C=O) groups excluding carboxylic acids is 1. The van der Waals surface area contributed by atoms with Crippen molar-refractivity contribution in [3.8, 4) is 0 Å². The molecule has 2 aliphatic heterocycles. The Morgan fingerprint density at radius 2 is 2.00 bits per heavy atom. The van der Waals surface area contributed by atoms with Crippen LogP contribution in [-0.2, 0) is 9.53 Å². The topological polar surface area (TPSA) is 64.4 Å². The van der Waals surface area contributed by atoms with Crippen molar-refractivity contribution in [2.24, 2.45) is 17.6 Å². The smallest absolute Gasteiger partial charge is 0.223 e. The Hall–Kier alpha value is -0.320. The van der Waals surface area contributed by atoms with Crippen molar-refractivity contribution in [3.05, 3.63) is 0 Å². The van der Waals surface area contributed by atoms with Crippen LogP contribution in [0.2, 0.25) is 0 Å². The maximum absolute atomic E-state index is 11.2. The number of nitrogens with one attached hydrogen (secondary N) is 1. The molecule has 2 atom stereocenters. The average molecular weight is 249 g/mol. The van der Waals surface area contributed by atoms with Gasteiger partial charge in [0.15, 0.2) is 0 Å². The SMILES string of the molecule is Cl.NC(=O)[C@H]1CCO[C@H]1CC1CCNCC1. The van der Waals surface area contributed by atoms with Gasteiger partial charge in [0, 0.05) is 6.61 Å². The van der Waals surface area contributed by atoms with Gasteiger partial charge in [-0.25, -0.2) is 0 Å². The number of nitrogens with two attached hydrogens (primary N) is 1. The first-order valence-electron chi connectivity index (χ1n) is 5.89. The van der Waals surface area contributed by atoms with Crippen molar-refractivity contribution >= 4 is 18.3 Å². The van der Waals surface area contributed by atoms with E-state index in [4.69, 9.17) is 10.5 Å². The van der Waals surface area contributed by atoms with E-state index in [1.165, 1.54) is 12.8 Å². The summed E-state index contributed by atoms with van der Waals surface area (Å²) in [5.74, 6) is 0.475. The Bertz CT molecular complexity index is 232. The van der Waals surface area contributed by atoms with Crippen molar-refractivity contribution in [3.63, 3.8) is 0 Å². The first-order valence-corrected chi connectivity index (χ1v) is 5.89. The second-order valence-electron chi connectivity index (χ2n) is 4.64. The van der Waals surface area contributed by atoms with Crippen LogP contribution in [-0.4, -0.2) is 31.7 Å². The first-order chi connectivity index (χ1) is 7.27. The molecule has 0 aromatic rings. The fourth-order valence-electron chi connectivity index (χ4n) is 2.65. The van der Waals surface area contributed by atoms with E-state index in [0.29, 0.717) is 12.5 Å². The highest BCUT2D eigenvalue weighted by Gasteiger charge is 2.34. The summed E-state index contributed by atoms with van der Waals surface area (Å²) in [5.41, 5.74) is 5.36. The van der Waals surface area contributed by atoms with Crippen LogP contribution in [0, 0.1) is 11.8 Å². The normalized spacial score (nSPS) is 31.0. The molecular weight excluding hydrogens is 228 g/mol. The molecule has 2 saturated heterocycles. The van der Waals surface area contributed by atoms with E-state index in [-0.39, 0.29) is 30.3 Å². The fraction of sp³-hybridized carbons (Fsp3) is 0.909. The third-order valence-corrected chi connectivity index (χ3v) is 3.60. The molecule has 0 spiro atoms. The summed E-state index contributed by atoms with van der Waals surface area (Å²) in [6.45, 7) is 2.89. The first kappa shape index (κ1) is 13.7. The van der Waals surface area contributed by atoms with Crippen LogP contribution in [0.1, 0.15) is 25.7 Å². The summed E-state index contributed by atoms with van der Waals surface area (Å²) in [5, 5.41) is 3.34. The van der Waals surface area contributed by atoms with Gasteiger partial charge in [-0.2, -0.15) is 0 Å². The van der Waals surface area contributed by atoms with Crippen LogP contribution in [0.3, 0.4) is 0 Å². The molecule has 0 aromatic heterocycles. The van der Waals surface area contributed by atoms with E-state index in [0.717, 1.165) is 25.9 Å². The molecule has 5 heteroatoms. The van der Waals surface area contributed by atoms with Gasteiger partial charge in [0.1, 0.15) is 0 Å². The number of rotatable bonds is 3. The Morgan fingerprint density at radius 1 is 1.31 bits per heavy atom. The number of amides is 1. The molecule has 0 unspecified atom stereocenters. The minimum atomic E-state index is -0.188. The lowest BCUT2D eigenvalue weighted by atomic mass is 9.87. The second-order valence-corrected chi connectivity index (χ2v) is 4.64. The summed E-state index contributed by atoms with van der Waals surface area (Å²) in [4.78, 5) is 11.2. The van der Waals surface area contributed by atoms with E-state index < -0.39 is 0 Å². The lowest BCUT2D eigenvalue weighted by Crippen LogP contribution is -2.34. The fourth-order valence-corrected chi connectivity index (χ4v) is 2.65. The van der Waals surface area contributed by atoms with Crippen LogP contribution in [0.4, 0.5) is 0 Å². The van der Waals surface area contributed by atoms with Crippen molar-refractivity contribution in [2.45, 2.75) is 31.8 Å². The Morgan fingerprint density at radius 3 is 2.62 bits per heavy atom. The maximum atomic E-state index is 11.2. The molecular formula is C11H21ClN2O2. The van der Waals surface area contributed by atoms with Crippen molar-refractivity contribution < 1.29 is 9.53 Å². The number of hydrogen-bond acceptors (Lipinski definition) is 3. The van der Waals surface area contributed by atoms with Gasteiger partial charge < -0.3 is 15.8 Å². The van der Waals surface area contributed by atoms with E-state index in [1.54, 1.807) is 0 Å². The van der Waals surface area contributed by atoms with Crippen molar-refractivity contribution in [1.29, 1.82) is 0 Å². The lowest BCUT2D eigenvalue weighted by Gasteiger charge is -2.26. The van der Waals surface area contributed by atoms with Gasteiger partial charge in [-0.05, 0) is 44.7 Å². The monoisotopic (exact) mass is 248 g/mol. The third kappa shape index (κ3) is 3.34. The standard InChI is InChI=1S/C11H20N2O2.ClH/c12-11(14)9-3-6-15-10(9)7-8-1-4-13-5-2-8;/h8-10,13H,1-7H2,(H2,12,14);1H/t9-,10-;/m0./s1. The number of ether oxygens (including phenoxy) is 1. The molecule has 16 heavy (non-hydrogen) atoms. The highest BCUT2D eigenvalue weighted by molar-refractivity contribution is 5.85. The van der Waals surface area contributed by atoms with E-state index in [2.05, 4.69) is 5.32 Å². The summed E-state index contributed by atoms with van der Waals surface area (Å²) >= 11 is 0. The highest BCUT2D eigenvalue weighted by atomic mass is 35.5. The van der Waals surface area contributed by atoms with Crippen molar-refractivity contribution in [2.75, 3.05) is 19.7 Å². The van der Waals surface area contributed by atoms with Gasteiger partial charge in [-0.15, -0.1) is 12.4 Å². The summed E-state index contributed by atoms with van der Waals surface area (Å²) in [7, 11) is 0. The molecule has 2 aliphatic rings. The third-order valence-electron chi connectivity index (χ3n) is 3.60. The minimum Gasteiger partial charge on any atom is -0.377 e. The molecule has 1 amide bonds. The largest absolute Gasteiger partial charge is 0.377 e. The average Bonchev–Trinajstić information content (AvgIpc) is 2.67. The zero-order valence-corrected chi connectivity index (χ0v) is 10.3. The molecule has 0 radical (unpaired) electrons. The van der Waals surface area contributed by atoms with E-state index in [1.807, 2.05) is 0 Å². The molecule has 2 heterocycles. The van der Waals surface area contributed by atoms with Crippen LogP contribution >= 0.6 is 12.4 Å². The number of hydrogen-bond donors (Lipinski definition) is 2. The second kappa shape index (κ2) is 6.42. The molecule has 0 aliphatic carbocycles. The van der Waals surface area contributed by atoms with Crippen molar-refractivity contribution in [1.82, 2.24) is 5.32 Å². The number of primary amides is 1. The minimum absolute atomic E-state index is 0. The number of piperidine rings is 1. The number of carbonyl (C=O) groups is 1. The summed E-state index contributed by atoms with van der Waals surface area (Å²) in [6, 6.07) is 0. The number of halogens is 1. The van der Waals surface area contributed by atoms with Gasteiger partial charge in [0.05, 0.1) is 12.0 Å². The van der Waals surface area contributed by atoms with E-state index >= 15 is 0 Å².